The molecule has 0 aliphatic carbocycles. The standard InChI is InChI=1S/C11H13NS/c1-9-8-11(12)6-5-10(9)4-2-3-7-13/h5-6,8,13H,3,7,12H2,1H3. The number of nitrogens with two attached hydrogens (primary N) is 1. The molecule has 68 valence electrons. The van der Waals surface area contributed by atoms with Crippen molar-refractivity contribution < 1.29 is 0 Å². The fourth-order valence-corrected chi connectivity index (χ4v) is 1.15. The number of anilines is 1. The maximum absolute atomic E-state index is 5.62. The molecular formula is C11H13NS. The van der Waals surface area contributed by atoms with Crippen LogP contribution in [0.2, 0.25) is 0 Å². The molecule has 0 spiro atoms. The Morgan fingerprint density at radius 3 is 2.85 bits per heavy atom. The van der Waals surface area contributed by atoms with Crippen molar-refractivity contribution in [2.45, 2.75) is 13.3 Å². The maximum Gasteiger partial charge on any atom is 0.0317 e. The van der Waals surface area contributed by atoms with Crippen molar-refractivity contribution in [3.8, 4) is 11.8 Å². The van der Waals surface area contributed by atoms with Crippen molar-refractivity contribution in [1.29, 1.82) is 0 Å². The van der Waals surface area contributed by atoms with Crippen LogP contribution in [0.1, 0.15) is 17.5 Å². The van der Waals surface area contributed by atoms with Gasteiger partial charge in [-0.05, 0) is 30.7 Å². The van der Waals surface area contributed by atoms with E-state index >= 15 is 0 Å². The lowest BCUT2D eigenvalue weighted by Gasteiger charge is -1.98. The molecule has 0 amide bonds. The molecule has 13 heavy (non-hydrogen) atoms. The van der Waals surface area contributed by atoms with Crippen LogP contribution in [0.25, 0.3) is 0 Å². The van der Waals surface area contributed by atoms with Gasteiger partial charge in [0, 0.05) is 23.4 Å². The molecule has 0 bridgehead atoms. The highest BCUT2D eigenvalue weighted by Crippen LogP contribution is 2.10. The molecular weight excluding hydrogens is 178 g/mol. The van der Waals surface area contributed by atoms with Crippen molar-refractivity contribution in [3.05, 3.63) is 29.3 Å². The van der Waals surface area contributed by atoms with E-state index in [9.17, 15) is 0 Å². The van der Waals surface area contributed by atoms with E-state index < -0.39 is 0 Å². The Hall–Kier alpha value is -1.07. The SMILES string of the molecule is Cc1cc(N)ccc1C#CCCS. The predicted molar refractivity (Wildman–Crippen MR) is 60.9 cm³/mol. The van der Waals surface area contributed by atoms with E-state index in [1.807, 2.05) is 25.1 Å². The van der Waals surface area contributed by atoms with Crippen LogP contribution in [-0.4, -0.2) is 5.75 Å². The molecule has 1 aromatic carbocycles. The lowest BCUT2D eigenvalue weighted by molar-refractivity contribution is 1.31. The minimum atomic E-state index is 0.789. The van der Waals surface area contributed by atoms with Crippen molar-refractivity contribution in [2.75, 3.05) is 11.5 Å². The number of rotatable bonds is 1. The average Bonchev–Trinajstić information content (AvgIpc) is 2.09. The molecule has 0 aliphatic heterocycles. The summed E-state index contributed by atoms with van der Waals surface area (Å²) in [5.74, 6) is 6.94. The highest BCUT2D eigenvalue weighted by atomic mass is 32.1. The first kappa shape index (κ1) is 10.0. The summed E-state index contributed by atoms with van der Waals surface area (Å²) in [5.41, 5.74) is 8.59. The second-order valence-corrected chi connectivity index (χ2v) is 3.30. The van der Waals surface area contributed by atoms with Crippen LogP contribution in [0.15, 0.2) is 18.2 Å². The summed E-state index contributed by atoms with van der Waals surface area (Å²) in [7, 11) is 0. The van der Waals surface area contributed by atoms with Gasteiger partial charge in [-0.3, -0.25) is 0 Å². The molecule has 1 rings (SSSR count). The number of thiol groups is 1. The van der Waals surface area contributed by atoms with Gasteiger partial charge in [0.15, 0.2) is 0 Å². The van der Waals surface area contributed by atoms with E-state index in [2.05, 4.69) is 24.5 Å². The average molecular weight is 191 g/mol. The van der Waals surface area contributed by atoms with Gasteiger partial charge in [0.05, 0.1) is 0 Å². The molecule has 0 radical (unpaired) electrons. The maximum atomic E-state index is 5.62. The third kappa shape index (κ3) is 3.04. The first-order valence-corrected chi connectivity index (χ1v) is 4.83. The highest BCUT2D eigenvalue weighted by Gasteiger charge is 1.93. The number of aryl methyl sites for hydroxylation is 1. The van der Waals surface area contributed by atoms with E-state index in [-0.39, 0.29) is 0 Å². The lowest BCUT2D eigenvalue weighted by Crippen LogP contribution is -1.88. The van der Waals surface area contributed by atoms with Crippen LogP contribution in [0.5, 0.6) is 0 Å². The van der Waals surface area contributed by atoms with E-state index in [0.717, 1.165) is 29.0 Å². The quantitative estimate of drug-likeness (QED) is 0.397. The minimum absolute atomic E-state index is 0.789. The molecule has 0 saturated carbocycles. The number of hydrogen-bond donors (Lipinski definition) is 2. The molecule has 0 unspecified atom stereocenters. The summed E-state index contributed by atoms with van der Waals surface area (Å²) >= 11 is 4.09. The second-order valence-electron chi connectivity index (χ2n) is 2.85. The van der Waals surface area contributed by atoms with Gasteiger partial charge in [0.1, 0.15) is 0 Å². The first-order chi connectivity index (χ1) is 6.24. The number of benzene rings is 1. The molecule has 1 nitrogen and oxygen atoms in total. The second kappa shape index (κ2) is 4.84. The number of hydrogen-bond acceptors (Lipinski definition) is 2. The molecule has 0 fully saturated rings. The zero-order valence-corrected chi connectivity index (χ0v) is 8.57. The van der Waals surface area contributed by atoms with Gasteiger partial charge >= 0.3 is 0 Å². The van der Waals surface area contributed by atoms with E-state index in [1.54, 1.807) is 0 Å². The largest absolute Gasteiger partial charge is 0.399 e. The summed E-state index contributed by atoms with van der Waals surface area (Å²) in [6, 6.07) is 5.76. The molecule has 0 aromatic heterocycles. The predicted octanol–water partition coefficient (Wildman–Crippen LogP) is 2.25. The first-order valence-electron chi connectivity index (χ1n) is 4.20. The summed E-state index contributed by atoms with van der Waals surface area (Å²) in [4.78, 5) is 0. The molecule has 0 heterocycles. The van der Waals surface area contributed by atoms with Crippen molar-refractivity contribution in [1.82, 2.24) is 0 Å². The summed E-state index contributed by atoms with van der Waals surface area (Å²) < 4.78 is 0. The van der Waals surface area contributed by atoms with Crippen molar-refractivity contribution in [3.63, 3.8) is 0 Å². The summed E-state index contributed by atoms with van der Waals surface area (Å²) in [6.45, 7) is 2.01. The van der Waals surface area contributed by atoms with Crippen molar-refractivity contribution >= 4 is 18.3 Å². The topological polar surface area (TPSA) is 26.0 Å². The molecule has 0 aliphatic rings. The smallest absolute Gasteiger partial charge is 0.0317 e. The molecule has 0 saturated heterocycles. The Bertz CT molecular complexity index is 347. The van der Waals surface area contributed by atoms with Crippen LogP contribution in [0, 0.1) is 18.8 Å². The van der Waals surface area contributed by atoms with Gasteiger partial charge in [-0.15, -0.1) is 0 Å². The molecule has 2 heteroatoms. The Balaban J connectivity index is 2.85. The van der Waals surface area contributed by atoms with Crippen LogP contribution in [-0.2, 0) is 0 Å². The van der Waals surface area contributed by atoms with Crippen LogP contribution >= 0.6 is 12.6 Å². The zero-order chi connectivity index (χ0) is 9.68. The Labute approximate surface area is 84.8 Å². The van der Waals surface area contributed by atoms with Gasteiger partial charge in [0.2, 0.25) is 0 Å². The molecule has 0 atom stereocenters. The van der Waals surface area contributed by atoms with E-state index in [1.165, 1.54) is 0 Å². The van der Waals surface area contributed by atoms with Gasteiger partial charge in [-0.1, -0.05) is 11.8 Å². The lowest BCUT2D eigenvalue weighted by atomic mass is 10.1. The normalized spacial score (nSPS) is 9.08. The molecule has 1 aromatic rings. The van der Waals surface area contributed by atoms with E-state index in [0.29, 0.717) is 0 Å². The summed E-state index contributed by atoms with van der Waals surface area (Å²) in [5, 5.41) is 0. The van der Waals surface area contributed by atoms with Gasteiger partial charge in [-0.25, -0.2) is 0 Å². The third-order valence-electron chi connectivity index (χ3n) is 1.71. The molecule has 2 N–H and O–H groups in total. The van der Waals surface area contributed by atoms with Crippen LogP contribution in [0.4, 0.5) is 5.69 Å². The number of nitrogen functional groups attached to an aromatic ring is 1. The van der Waals surface area contributed by atoms with Crippen LogP contribution in [0.3, 0.4) is 0 Å². The minimum Gasteiger partial charge on any atom is -0.399 e. The monoisotopic (exact) mass is 191 g/mol. The highest BCUT2D eigenvalue weighted by molar-refractivity contribution is 7.80. The van der Waals surface area contributed by atoms with Crippen molar-refractivity contribution in [2.24, 2.45) is 0 Å². The Morgan fingerprint density at radius 1 is 1.46 bits per heavy atom. The van der Waals surface area contributed by atoms with Gasteiger partial charge < -0.3 is 5.73 Å². The fourth-order valence-electron chi connectivity index (χ4n) is 1.04. The third-order valence-corrected chi connectivity index (χ3v) is 1.93. The zero-order valence-electron chi connectivity index (χ0n) is 7.67. The van der Waals surface area contributed by atoms with E-state index in [4.69, 9.17) is 5.73 Å². The fraction of sp³-hybridized carbons (Fsp3) is 0.273. The van der Waals surface area contributed by atoms with Gasteiger partial charge in [0.25, 0.3) is 0 Å². The Morgan fingerprint density at radius 2 is 2.23 bits per heavy atom. The Kier molecular flexibility index (Phi) is 3.72. The summed E-state index contributed by atoms with van der Waals surface area (Å²) in [6.07, 6.45) is 0.826. The van der Waals surface area contributed by atoms with Gasteiger partial charge in [-0.2, -0.15) is 12.6 Å². The van der Waals surface area contributed by atoms with Crippen LogP contribution < -0.4 is 5.73 Å².